The zero-order valence-electron chi connectivity index (χ0n) is 54.7. The molecule has 14 aromatic carbocycles. The summed E-state index contributed by atoms with van der Waals surface area (Å²) in [5.74, 6) is 1.24. The average molecular weight is 1310 g/mol. The van der Waals surface area contributed by atoms with E-state index >= 15 is 0 Å². The zero-order valence-corrected chi connectivity index (χ0v) is 54.7. The van der Waals surface area contributed by atoms with E-state index in [9.17, 15) is 0 Å². The van der Waals surface area contributed by atoms with Crippen molar-refractivity contribution in [3.63, 3.8) is 0 Å². The number of benzene rings is 14. The number of aromatic nitrogens is 8. The SMILES string of the molecule is c1ccc(-c2cc(-c3ccc4oc5ccccc5c4c3)nc(-n3c4ccccc4c4c3ccc3c5ccccc5n(-c5ccccc5)c34)n2)cc1.c1ccc(-c2cc(-c3cccc4oc5ccccc5c34)nc(-n3c4ccccc4c4c3ccc3c5ccccc5n(-c5ccccc5)c34)n2)cc1. The Bertz CT molecular complexity index is 7120. The first-order valence-electron chi connectivity index (χ1n) is 34.4. The maximum atomic E-state index is 6.31. The molecule has 0 aliphatic rings. The number of para-hydroxylation sites is 8. The Labute approximate surface area is 582 Å². The monoisotopic (exact) mass is 1300 g/mol. The van der Waals surface area contributed by atoms with E-state index in [1.165, 1.54) is 54.4 Å². The molecule has 0 N–H and O–H groups in total. The van der Waals surface area contributed by atoms with Crippen LogP contribution in [-0.4, -0.2) is 38.2 Å². The molecule has 8 heterocycles. The predicted molar refractivity (Wildman–Crippen MR) is 418 cm³/mol. The van der Waals surface area contributed by atoms with Crippen LogP contribution in [0.2, 0.25) is 0 Å². The summed E-state index contributed by atoms with van der Waals surface area (Å²) in [6.07, 6.45) is 0. The van der Waals surface area contributed by atoms with Crippen LogP contribution in [0.1, 0.15) is 0 Å². The van der Waals surface area contributed by atoms with E-state index in [2.05, 4.69) is 303 Å². The van der Waals surface area contributed by atoms with E-state index in [0.29, 0.717) is 11.9 Å². The average Bonchev–Trinajstić information content (AvgIpc) is 1.55. The molecule has 102 heavy (non-hydrogen) atoms. The van der Waals surface area contributed by atoms with Crippen LogP contribution in [0.15, 0.2) is 349 Å². The van der Waals surface area contributed by atoms with Gasteiger partial charge in [0.15, 0.2) is 0 Å². The lowest BCUT2D eigenvalue weighted by Crippen LogP contribution is -2.04. The lowest BCUT2D eigenvalue weighted by Gasteiger charge is -2.12. The van der Waals surface area contributed by atoms with E-state index in [1.807, 2.05) is 54.6 Å². The molecule has 0 saturated heterocycles. The van der Waals surface area contributed by atoms with E-state index in [4.69, 9.17) is 28.8 Å². The Morgan fingerprint density at radius 3 is 1.12 bits per heavy atom. The molecule has 0 aliphatic carbocycles. The number of hydrogen-bond acceptors (Lipinski definition) is 6. The second-order valence-electron chi connectivity index (χ2n) is 26.0. The van der Waals surface area contributed by atoms with Crippen LogP contribution < -0.4 is 0 Å². The second kappa shape index (κ2) is 22.8. The summed E-state index contributed by atoms with van der Waals surface area (Å²) in [6, 6.07) is 119. The van der Waals surface area contributed by atoms with Gasteiger partial charge in [0, 0.05) is 98.3 Å². The van der Waals surface area contributed by atoms with E-state index < -0.39 is 0 Å². The topological polar surface area (TPSA) is 97.6 Å². The summed E-state index contributed by atoms with van der Waals surface area (Å²) in [5.41, 5.74) is 22.0. The van der Waals surface area contributed by atoms with Gasteiger partial charge in [0.05, 0.1) is 66.9 Å². The molecule has 22 rings (SSSR count). The summed E-state index contributed by atoms with van der Waals surface area (Å²) in [5, 5.41) is 13.8. The highest BCUT2D eigenvalue weighted by Gasteiger charge is 2.26. The molecule has 10 nitrogen and oxygen atoms in total. The fourth-order valence-corrected chi connectivity index (χ4v) is 15.9. The Morgan fingerprint density at radius 1 is 0.206 bits per heavy atom. The van der Waals surface area contributed by atoms with Crippen molar-refractivity contribution in [3.8, 4) is 68.3 Å². The molecule has 476 valence electrons. The molecule has 0 spiro atoms. The fraction of sp³-hybridized carbons (Fsp3) is 0. The van der Waals surface area contributed by atoms with Crippen LogP contribution in [0.3, 0.4) is 0 Å². The summed E-state index contributed by atoms with van der Waals surface area (Å²) in [6.45, 7) is 0. The van der Waals surface area contributed by atoms with Gasteiger partial charge in [-0.15, -0.1) is 0 Å². The van der Waals surface area contributed by atoms with E-state index in [0.717, 1.165) is 133 Å². The van der Waals surface area contributed by atoms with Crippen molar-refractivity contribution < 1.29 is 8.83 Å². The van der Waals surface area contributed by atoms with Gasteiger partial charge in [0.1, 0.15) is 22.3 Å². The molecule has 0 bridgehead atoms. The molecular formula is C92H56N8O2. The summed E-state index contributed by atoms with van der Waals surface area (Å²) >= 11 is 0. The van der Waals surface area contributed by atoms with E-state index in [1.54, 1.807) is 0 Å². The summed E-state index contributed by atoms with van der Waals surface area (Å²) < 4.78 is 21.8. The summed E-state index contributed by atoms with van der Waals surface area (Å²) in [7, 11) is 0. The summed E-state index contributed by atoms with van der Waals surface area (Å²) in [4.78, 5) is 21.4. The molecule has 0 amide bonds. The largest absolute Gasteiger partial charge is 0.456 e. The van der Waals surface area contributed by atoms with Crippen LogP contribution >= 0.6 is 0 Å². The Kier molecular flexibility index (Phi) is 12.8. The van der Waals surface area contributed by atoms with Gasteiger partial charge in [-0.1, -0.05) is 231 Å². The van der Waals surface area contributed by atoms with Crippen LogP contribution in [0, 0.1) is 0 Å². The highest BCUT2D eigenvalue weighted by Crippen LogP contribution is 2.46. The van der Waals surface area contributed by atoms with Gasteiger partial charge >= 0.3 is 0 Å². The smallest absolute Gasteiger partial charge is 0.235 e. The first-order chi connectivity index (χ1) is 50.6. The second-order valence-corrected chi connectivity index (χ2v) is 26.0. The van der Waals surface area contributed by atoms with Crippen molar-refractivity contribution in [2.75, 3.05) is 0 Å². The van der Waals surface area contributed by atoms with Crippen molar-refractivity contribution in [2.24, 2.45) is 0 Å². The molecular weight excluding hydrogens is 1250 g/mol. The molecule has 8 aromatic heterocycles. The number of hydrogen-bond donors (Lipinski definition) is 0. The Balaban J connectivity index is 0.000000133. The lowest BCUT2D eigenvalue weighted by atomic mass is 10.0. The van der Waals surface area contributed by atoms with E-state index in [-0.39, 0.29) is 0 Å². The Morgan fingerprint density at radius 2 is 0.588 bits per heavy atom. The lowest BCUT2D eigenvalue weighted by molar-refractivity contribution is 0.668. The first-order valence-corrected chi connectivity index (χ1v) is 34.4. The fourth-order valence-electron chi connectivity index (χ4n) is 15.9. The van der Waals surface area contributed by atoms with Gasteiger partial charge in [-0.2, -0.15) is 0 Å². The molecule has 0 aliphatic heterocycles. The zero-order chi connectivity index (χ0) is 66.9. The third-order valence-corrected chi connectivity index (χ3v) is 20.3. The minimum absolute atomic E-state index is 0.615. The molecule has 0 atom stereocenters. The van der Waals surface area contributed by atoms with Crippen molar-refractivity contribution in [3.05, 3.63) is 340 Å². The molecule has 10 heteroatoms. The minimum Gasteiger partial charge on any atom is -0.456 e. The first kappa shape index (κ1) is 57.1. The molecule has 0 radical (unpaired) electrons. The highest BCUT2D eigenvalue weighted by atomic mass is 16.3. The molecule has 0 fully saturated rings. The van der Waals surface area contributed by atoms with Crippen LogP contribution in [-0.2, 0) is 0 Å². The minimum atomic E-state index is 0.615. The third kappa shape index (κ3) is 8.86. The van der Waals surface area contributed by atoms with Gasteiger partial charge in [0.2, 0.25) is 11.9 Å². The highest BCUT2D eigenvalue weighted by molar-refractivity contribution is 6.28. The van der Waals surface area contributed by atoms with Crippen molar-refractivity contribution in [2.45, 2.75) is 0 Å². The normalized spacial score (nSPS) is 11.9. The van der Waals surface area contributed by atoms with Gasteiger partial charge in [-0.3, -0.25) is 9.13 Å². The van der Waals surface area contributed by atoms with Gasteiger partial charge in [0.25, 0.3) is 0 Å². The maximum absolute atomic E-state index is 6.31. The van der Waals surface area contributed by atoms with Crippen molar-refractivity contribution in [1.82, 2.24) is 38.2 Å². The van der Waals surface area contributed by atoms with Crippen LogP contribution in [0.4, 0.5) is 0 Å². The van der Waals surface area contributed by atoms with Crippen LogP contribution in [0.25, 0.3) is 199 Å². The molecule has 0 unspecified atom stereocenters. The maximum Gasteiger partial charge on any atom is 0.235 e. The third-order valence-electron chi connectivity index (χ3n) is 20.3. The van der Waals surface area contributed by atoms with Gasteiger partial charge < -0.3 is 18.0 Å². The Hall–Kier alpha value is -14.0. The quantitative estimate of drug-likeness (QED) is 0.150. The van der Waals surface area contributed by atoms with Gasteiger partial charge in [-0.25, -0.2) is 19.9 Å². The standard InChI is InChI=1S/2C46H28N4O/c1-3-14-29(15-4-1)36-28-37(33-21-13-25-42-43(33)35-20-9-12-24-41(35)51-42)48-46(47-36)50-39-23-11-8-19-34(39)44-40(50)27-26-32-31-18-7-10-22-38(31)49(45(32)44)30-16-5-2-6-17-30;1-3-13-29(14-4-1)37-28-38(30-23-26-43-36(27-30)33-18-9-12-22-42(33)51-43)48-46(47-37)50-40-21-11-8-19-35(40)44-41(50)25-24-34-32-17-7-10-20-39(32)49(45(34)44)31-15-5-2-6-16-31/h2*1-28H. The number of fused-ring (bicyclic) bond motifs is 20. The predicted octanol–water partition coefficient (Wildman–Crippen LogP) is 23.8. The van der Waals surface area contributed by atoms with Crippen molar-refractivity contribution >= 4 is 131 Å². The number of rotatable bonds is 8. The van der Waals surface area contributed by atoms with Crippen molar-refractivity contribution in [1.29, 1.82) is 0 Å². The number of nitrogens with zero attached hydrogens (tertiary/aromatic N) is 8. The molecule has 22 aromatic rings. The van der Waals surface area contributed by atoms with Crippen LogP contribution in [0.5, 0.6) is 0 Å². The van der Waals surface area contributed by atoms with Gasteiger partial charge in [-0.05, 0) is 109 Å². The number of furan rings is 2. The molecule has 0 saturated carbocycles.